The van der Waals surface area contributed by atoms with Gasteiger partial charge in [-0.25, -0.2) is 18.2 Å². The number of sulfonamides is 1. The molecule has 0 aliphatic rings. The predicted molar refractivity (Wildman–Crippen MR) is 156 cm³/mol. The first-order valence-corrected chi connectivity index (χ1v) is 15.1. The second-order valence-electron chi connectivity index (χ2n) is 9.87. The molecule has 4 aromatic rings. The van der Waals surface area contributed by atoms with Gasteiger partial charge in [0, 0.05) is 28.1 Å². The minimum atomic E-state index is -3.33. The lowest BCUT2D eigenvalue weighted by molar-refractivity contribution is 0.238. The van der Waals surface area contributed by atoms with Gasteiger partial charge in [-0.05, 0) is 49.9 Å². The maximum Gasteiger partial charge on any atom is 0.321 e. The van der Waals surface area contributed by atoms with Crippen molar-refractivity contribution in [1.82, 2.24) is 10.3 Å². The third kappa shape index (κ3) is 7.90. The molecule has 0 atom stereocenters. The zero-order valence-corrected chi connectivity index (χ0v) is 23.3. The monoisotopic (exact) mass is 548 g/mol. The number of thiazole rings is 1. The van der Waals surface area contributed by atoms with Gasteiger partial charge in [-0.15, -0.1) is 11.3 Å². The minimum absolute atomic E-state index is 0.238. The highest BCUT2D eigenvalue weighted by atomic mass is 32.2. The van der Waals surface area contributed by atoms with Crippen molar-refractivity contribution >= 4 is 38.2 Å². The van der Waals surface area contributed by atoms with Gasteiger partial charge < -0.3 is 5.32 Å². The molecule has 0 aliphatic heterocycles. The summed E-state index contributed by atoms with van der Waals surface area (Å²) >= 11 is 1.33. The lowest BCUT2D eigenvalue weighted by Gasteiger charge is -2.29. The molecule has 38 heavy (non-hydrogen) atoms. The molecule has 0 unspecified atom stereocenters. The summed E-state index contributed by atoms with van der Waals surface area (Å²) in [7, 11) is -3.33. The van der Waals surface area contributed by atoms with Crippen LogP contribution in [0, 0.1) is 0 Å². The number of nitrogens with zero attached hydrogens (tertiary/aromatic N) is 1. The van der Waals surface area contributed by atoms with Crippen molar-refractivity contribution in [1.29, 1.82) is 0 Å². The number of anilines is 2. The number of hydrogen-bond acceptors (Lipinski definition) is 5. The second-order valence-corrected chi connectivity index (χ2v) is 12.5. The van der Waals surface area contributed by atoms with E-state index in [-0.39, 0.29) is 11.9 Å². The van der Waals surface area contributed by atoms with Crippen LogP contribution in [0.2, 0.25) is 0 Å². The van der Waals surface area contributed by atoms with Crippen LogP contribution in [0.1, 0.15) is 43.7 Å². The van der Waals surface area contributed by atoms with Crippen LogP contribution in [0.3, 0.4) is 0 Å². The topological polar surface area (TPSA) is 100 Å². The zero-order chi connectivity index (χ0) is 27.2. The van der Waals surface area contributed by atoms with Crippen LogP contribution in [0.25, 0.3) is 11.3 Å². The standard InChI is InChI=1S/C29H32N4O3S2/c1-29(2,19-18-25(21-10-6-4-7-11-21)22-12-8-5-9-13-22)32-27(34)31-28-30-26(20-37-28)23-14-16-24(17-15-23)33-38(3,35)36/h4-17,20,25,33H,18-19H2,1-3H3,(H2,30,31,32,34). The van der Waals surface area contributed by atoms with Crippen molar-refractivity contribution in [3.05, 3.63) is 101 Å². The van der Waals surface area contributed by atoms with Gasteiger partial charge in [0.05, 0.1) is 11.9 Å². The van der Waals surface area contributed by atoms with E-state index in [1.807, 2.05) is 31.4 Å². The molecule has 1 heterocycles. The van der Waals surface area contributed by atoms with Gasteiger partial charge in [0.2, 0.25) is 10.0 Å². The summed E-state index contributed by atoms with van der Waals surface area (Å²) in [6.45, 7) is 4.05. The van der Waals surface area contributed by atoms with Crippen molar-refractivity contribution in [2.24, 2.45) is 0 Å². The average molecular weight is 549 g/mol. The van der Waals surface area contributed by atoms with Crippen molar-refractivity contribution in [3.63, 3.8) is 0 Å². The first-order valence-electron chi connectivity index (χ1n) is 12.3. The average Bonchev–Trinajstić information content (AvgIpc) is 3.33. The maximum absolute atomic E-state index is 12.8. The first kappa shape index (κ1) is 27.3. The van der Waals surface area contributed by atoms with E-state index in [9.17, 15) is 13.2 Å². The van der Waals surface area contributed by atoms with Crippen LogP contribution < -0.4 is 15.4 Å². The van der Waals surface area contributed by atoms with Crippen LogP contribution in [0.15, 0.2) is 90.3 Å². The molecule has 0 spiro atoms. The Morgan fingerprint density at radius 3 is 2.05 bits per heavy atom. The highest BCUT2D eigenvalue weighted by molar-refractivity contribution is 7.92. The van der Waals surface area contributed by atoms with Crippen LogP contribution >= 0.6 is 11.3 Å². The fourth-order valence-corrected chi connectivity index (χ4v) is 5.57. The van der Waals surface area contributed by atoms with E-state index in [1.54, 1.807) is 24.3 Å². The number of amides is 2. The van der Waals surface area contributed by atoms with E-state index in [4.69, 9.17) is 0 Å². The molecule has 198 valence electrons. The Hall–Kier alpha value is -3.69. The number of aromatic nitrogens is 1. The van der Waals surface area contributed by atoms with E-state index < -0.39 is 15.6 Å². The molecule has 1 aromatic heterocycles. The van der Waals surface area contributed by atoms with Crippen LogP contribution in [-0.4, -0.2) is 31.2 Å². The smallest absolute Gasteiger partial charge is 0.321 e. The number of carbonyl (C=O) groups is 1. The molecule has 7 nitrogen and oxygen atoms in total. The third-order valence-electron chi connectivity index (χ3n) is 6.12. The fraction of sp³-hybridized carbons (Fsp3) is 0.241. The lowest BCUT2D eigenvalue weighted by atomic mass is 9.84. The molecule has 0 fully saturated rings. The van der Waals surface area contributed by atoms with Gasteiger partial charge in [0.1, 0.15) is 0 Å². The molecule has 3 aromatic carbocycles. The SMILES string of the molecule is CC(C)(CCC(c1ccccc1)c1ccccc1)NC(=O)Nc1nc(-c2ccc(NS(C)(=O)=O)cc2)cs1. The summed E-state index contributed by atoms with van der Waals surface area (Å²) < 4.78 is 25.2. The summed E-state index contributed by atoms with van der Waals surface area (Å²) in [5, 5.41) is 8.28. The molecule has 0 aliphatic carbocycles. The van der Waals surface area contributed by atoms with Crippen LogP contribution in [0.5, 0.6) is 0 Å². The Kier molecular flexibility index (Phi) is 8.48. The van der Waals surface area contributed by atoms with E-state index in [0.29, 0.717) is 16.5 Å². The summed E-state index contributed by atoms with van der Waals surface area (Å²) in [4.78, 5) is 17.3. The summed E-state index contributed by atoms with van der Waals surface area (Å²) in [6.07, 6.45) is 2.77. The van der Waals surface area contributed by atoms with E-state index in [2.05, 4.69) is 68.9 Å². The van der Waals surface area contributed by atoms with Gasteiger partial charge in [0.15, 0.2) is 5.13 Å². The molecule has 0 saturated carbocycles. The Bertz CT molecular complexity index is 1410. The predicted octanol–water partition coefficient (Wildman–Crippen LogP) is 6.69. The van der Waals surface area contributed by atoms with Crippen molar-refractivity contribution in [2.45, 2.75) is 38.1 Å². The number of carbonyl (C=O) groups excluding carboxylic acids is 1. The number of urea groups is 1. The molecule has 0 radical (unpaired) electrons. The van der Waals surface area contributed by atoms with E-state index in [0.717, 1.165) is 24.7 Å². The first-order chi connectivity index (χ1) is 18.1. The third-order valence-corrected chi connectivity index (χ3v) is 7.49. The molecule has 0 bridgehead atoms. The fourth-order valence-electron chi connectivity index (χ4n) is 4.29. The quantitative estimate of drug-likeness (QED) is 0.205. The Morgan fingerprint density at radius 1 is 0.921 bits per heavy atom. The Morgan fingerprint density at radius 2 is 1.50 bits per heavy atom. The number of rotatable bonds is 10. The number of hydrogen-bond donors (Lipinski definition) is 3. The zero-order valence-electron chi connectivity index (χ0n) is 21.6. The van der Waals surface area contributed by atoms with E-state index in [1.165, 1.54) is 22.5 Å². The lowest BCUT2D eigenvalue weighted by Crippen LogP contribution is -2.45. The number of benzene rings is 3. The van der Waals surface area contributed by atoms with Gasteiger partial charge >= 0.3 is 6.03 Å². The normalized spacial score (nSPS) is 11.8. The highest BCUT2D eigenvalue weighted by Crippen LogP contribution is 2.31. The molecule has 0 saturated heterocycles. The van der Waals surface area contributed by atoms with Crippen molar-refractivity contribution in [3.8, 4) is 11.3 Å². The van der Waals surface area contributed by atoms with Crippen molar-refractivity contribution < 1.29 is 13.2 Å². The second kappa shape index (κ2) is 11.8. The molecule has 2 amide bonds. The number of nitrogens with one attached hydrogen (secondary N) is 3. The van der Waals surface area contributed by atoms with Crippen molar-refractivity contribution in [2.75, 3.05) is 16.3 Å². The molecule has 4 rings (SSSR count). The summed E-state index contributed by atoms with van der Waals surface area (Å²) in [6, 6.07) is 27.5. The maximum atomic E-state index is 12.8. The van der Waals surface area contributed by atoms with Crippen LogP contribution in [0.4, 0.5) is 15.6 Å². The molecule has 3 N–H and O–H groups in total. The summed E-state index contributed by atoms with van der Waals surface area (Å²) in [5.41, 5.74) is 4.08. The van der Waals surface area contributed by atoms with Crippen LogP contribution in [-0.2, 0) is 10.0 Å². The Labute approximate surface area is 228 Å². The van der Waals surface area contributed by atoms with Gasteiger partial charge in [0.25, 0.3) is 0 Å². The molecular weight excluding hydrogens is 516 g/mol. The van der Waals surface area contributed by atoms with Gasteiger partial charge in [-0.2, -0.15) is 0 Å². The molecule has 9 heteroatoms. The van der Waals surface area contributed by atoms with Gasteiger partial charge in [-0.3, -0.25) is 10.0 Å². The minimum Gasteiger partial charge on any atom is -0.333 e. The van der Waals surface area contributed by atoms with Gasteiger partial charge in [-0.1, -0.05) is 72.8 Å². The highest BCUT2D eigenvalue weighted by Gasteiger charge is 2.24. The largest absolute Gasteiger partial charge is 0.333 e. The summed E-state index contributed by atoms with van der Waals surface area (Å²) in [5.74, 6) is 0.238. The van der Waals surface area contributed by atoms with E-state index >= 15 is 0 Å². The molecular formula is C29H32N4O3S2. The Balaban J connectivity index is 1.35.